The number of fused-ring (bicyclic) bond motifs is 1. The molecule has 0 aromatic heterocycles. The summed E-state index contributed by atoms with van der Waals surface area (Å²) in [5, 5.41) is 3.78. The maximum Gasteiger partial charge on any atom is 0.242 e. The van der Waals surface area contributed by atoms with Gasteiger partial charge in [0.25, 0.3) is 0 Å². The van der Waals surface area contributed by atoms with Crippen molar-refractivity contribution in [1.29, 1.82) is 0 Å². The maximum absolute atomic E-state index is 13.6. The minimum atomic E-state index is -3.64. The SMILES string of the molecule is CCCCNC(=O)C(CC)N(Cc1ccc(Cl)cc1Cl)C(=O)CCCN(c1ccc2c(c1)OCO2)S(C)(=O)=O. The van der Waals surface area contributed by atoms with Gasteiger partial charge in [-0.3, -0.25) is 13.9 Å². The van der Waals surface area contributed by atoms with Crippen LogP contribution in [0.4, 0.5) is 5.69 Å². The predicted octanol–water partition coefficient (Wildman–Crippen LogP) is 4.99. The molecule has 9 nitrogen and oxygen atoms in total. The molecule has 39 heavy (non-hydrogen) atoms. The Morgan fingerprint density at radius 1 is 1.05 bits per heavy atom. The second-order valence-corrected chi connectivity index (χ2v) is 12.1. The van der Waals surface area contributed by atoms with Crippen molar-refractivity contribution in [1.82, 2.24) is 10.2 Å². The number of sulfonamides is 1. The summed E-state index contributed by atoms with van der Waals surface area (Å²) in [5.74, 6) is 0.491. The first-order valence-corrected chi connectivity index (χ1v) is 15.5. The molecule has 1 heterocycles. The Bertz CT molecular complexity index is 1270. The van der Waals surface area contributed by atoms with E-state index >= 15 is 0 Å². The molecule has 1 aliphatic heterocycles. The van der Waals surface area contributed by atoms with Crippen LogP contribution in [0.15, 0.2) is 36.4 Å². The first-order chi connectivity index (χ1) is 18.5. The molecule has 0 bridgehead atoms. The van der Waals surface area contributed by atoms with Gasteiger partial charge >= 0.3 is 0 Å². The number of nitrogens with one attached hydrogen (secondary N) is 1. The van der Waals surface area contributed by atoms with Crippen LogP contribution in [0.1, 0.15) is 51.5 Å². The highest BCUT2D eigenvalue weighted by Gasteiger charge is 2.29. The van der Waals surface area contributed by atoms with E-state index in [2.05, 4.69) is 5.32 Å². The van der Waals surface area contributed by atoms with Gasteiger partial charge in [-0.05, 0) is 49.1 Å². The number of amides is 2. The number of carbonyl (C=O) groups excluding carboxylic acids is 2. The molecule has 1 aliphatic rings. The van der Waals surface area contributed by atoms with Gasteiger partial charge < -0.3 is 19.7 Å². The van der Waals surface area contributed by atoms with Crippen LogP contribution in [0, 0.1) is 0 Å². The van der Waals surface area contributed by atoms with E-state index in [9.17, 15) is 18.0 Å². The zero-order chi connectivity index (χ0) is 28.6. The van der Waals surface area contributed by atoms with Gasteiger partial charge in [-0.25, -0.2) is 8.42 Å². The van der Waals surface area contributed by atoms with Crippen LogP contribution in [-0.4, -0.2) is 57.3 Å². The standard InChI is InChI=1S/C27H35Cl2N3O6S/c1-4-6-13-30-27(34)23(5-2)31(17-19-9-10-20(28)15-22(19)29)26(33)8-7-14-32(39(3,35)36)21-11-12-24-25(16-21)38-18-37-24/h9-12,15-16,23H,4-8,13-14,17-18H2,1-3H3,(H,30,34). The number of anilines is 1. The van der Waals surface area contributed by atoms with E-state index in [0.29, 0.717) is 45.8 Å². The normalized spacial score (nSPS) is 13.2. The Morgan fingerprint density at radius 3 is 2.46 bits per heavy atom. The largest absolute Gasteiger partial charge is 0.454 e. The van der Waals surface area contributed by atoms with Gasteiger partial charge in [-0.1, -0.05) is 49.5 Å². The average Bonchev–Trinajstić information content (AvgIpc) is 3.35. The fraction of sp³-hybridized carbons (Fsp3) is 0.481. The predicted molar refractivity (Wildman–Crippen MR) is 153 cm³/mol. The van der Waals surface area contributed by atoms with E-state index in [4.69, 9.17) is 32.7 Å². The van der Waals surface area contributed by atoms with E-state index in [1.807, 2.05) is 13.8 Å². The number of unbranched alkanes of at least 4 members (excludes halogenated alkanes) is 1. The number of carbonyl (C=O) groups is 2. The molecule has 2 aromatic carbocycles. The molecule has 0 aliphatic carbocycles. The van der Waals surface area contributed by atoms with E-state index in [1.54, 1.807) is 36.4 Å². The third-order valence-electron chi connectivity index (χ3n) is 6.37. The number of rotatable bonds is 14. The van der Waals surface area contributed by atoms with Crippen molar-refractivity contribution < 1.29 is 27.5 Å². The minimum absolute atomic E-state index is 0.0283. The van der Waals surface area contributed by atoms with Gasteiger partial charge in [-0.15, -0.1) is 0 Å². The number of ether oxygens (including phenoxy) is 2. The first kappa shape index (κ1) is 30.8. The zero-order valence-electron chi connectivity index (χ0n) is 22.4. The van der Waals surface area contributed by atoms with Crippen molar-refractivity contribution in [2.24, 2.45) is 0 Å². The van der Waals surface area contributed by atoms with Gasteiger partial charge in [-0.2, -0.15) is 0 Å². The van der Waals surface area contributed by atoms with Gasteiger partial charge in [0.2, 0.25) is 28.6 Å². The average molecular weight is 601 g/mol. The molecular weight excluding hydrogens is 565 g/mol. The second-order valence-electron chi connectivity index (χ2n) is 9.30. The highest BCUT2D eigenvalue weighted by Crippen LogP contribution is 2.36. The molecule has 214 valence electrons. The van der Waals surface area contributed by atoms with Crippen LogP contribution in [0.25, 0.3) is 0 Å². The number of hydrogen-bond acceptors (Lipinski definition) is 6. The zero-order valence-corrected chi connectivity index (χ0v) is 24.7. The van der Waals surface area contributed by atoms with Crippen molar-refractivity contribution in [3.63, 3.8) is 0 Å². The summed E-state index contributed by atoms with van der Waals surface area (Å²) in [7, 11) is -3.64. The Hall–Kier alpha value is -2.69. The van der Waals surface area contributed by atoms with E-state index < -0.39 is 16.1 Å². The molecule has 3 rings (SSSR count). The van der Waals surface area contributed by atoms with Gasteiger partial charge in [0.05, 0.1) is 11.9 Å². The van der Waals surface area contributed by atoms with Crippen LogP contribution in [-0.2, 0) is 26.2 Å². The second kappa shape index (κ2) is 14.1. The lowest BCUT2D eigenvalue weighted by molar-refractivity contribution is -0.141. The van der Waals surface area contributed by atoms with Crippen LogP contribution in [0.2, 0.25) is 10.0 Å². The molecule has 2 amide bonds. The summed E-state index contributed by atoms with van der Waals surface area (Å²) in [6.07, 6.45) is 3.55. The molecule has 1 N–H and O–H groups in total. The summed E-state index contributed by atoms with van der Waals surface area (Å²) in [5.41, 5.74) is 1.08. The van der Waals surface area contributed by atoms with Crippen LogP contribution >= 0.6 is 23.2 Å². The fourth-order valence-corrected chi connectivity index (χ4v) is 5.73. The fourth-order valence-electron chi connectivity index (χ4n) is 4.30. The molecule has 1 atom stereocenters. The number of benzene rings is 2. The summed E-state index contributed by atoms with van der Waals surface area (Å²) in [4.78, 5) is 28.1. The monoisotopic (exact) mass is 599 g/mol. The van der Waals surface area contributed by atoms with E-state index in [0.717, 1.165) is 19.1 Å². The molecule has 0 saturated carbocycles. The summed E-state index contributed by atoms with van der Waals surface area (Å²) < 4.78 is 37.1. The summed E-state index contributed by atoms with van der Waals surface area (Å²) in [6.45, 7) is 4.66. The summed E-state index contributed by atoms with van der Waals surface area (Å²) in [6, 6.07) is 9.20. The van der Waals surface area contributed by atoms with Crippen LogP contribution in [0.3, 0.4) is 0 Å². The highest BCUT2D eigenvalue weighted by molar-refractivity contribution is 7.92. The smallest absolute Gasteiger partial charge is 0.242 e. The van der Waals surface area contributed by atoms with E-state index in [-0.39, 0.29) is 44.5 Å². The molecule has 0 radical (unpaired) electrons. The third-order valence-corrected chi connectivity index (χ3v) is 8.15. The summed E-state index contributed by atoms with van der Waals surface area (Å²) >= 11 is 12.4. The van der Waals surface area contributed by atoms with Gasteiger partial charge in [0.1, 0.15) is 6.04 Å². The van der Waals surface area contributed by atoms with Crippen molar-refractivity contribution in [2.75, 3.05) is 30.4 Å². The molecule has 12 heteroatoms. The van der Waals surface area contributed by atoms with Crippen molar-refractivity contribution in [3.05, 3.63) is 52.0 Å². The number of halogens is 2. The van der Waals surface area contributed by atoms with Crippen molar-refractivity contribution in [2.45, 2.75) is 58.5 Å². The Morgan fingerprint density at radius 2 is 1.79 bits per heavy atom. The molecule has 1 unspecified atom stereocenters. The van der Waals surface area contributed by atoms with E-state index in [1.165, 1.54) is 9.21 Å². The molecule has 0 spiro atoms. The number of hydrogen-bond donors (Lipinski definition) is 1. The topological polar surface area (TPSA) is 105 Å². The van der Waals surface area contributed by atoms with Gasteiger partial charge in [0, 0.05) is 42.2 Å². The molecule has 0 fully saturated rings. The number of nitrogens with zero attached hydrogens (tertiary/aromatic N) is 2. The lowest BCUT2D eigenvalue weighted by atomic mass is 10.1. The molecule has 2 aromatic rings. The third kappa shape index (κ3) is 8.40. The molecular formula is C27H35Cl2N3O6S. The Balaban J connectivity index is 1.77. The van der Waals surface area contributed by atoms with Crippen molar-refractivity contribution in [3.8, 4) is 11.5 Å². The van der Waals surface area contributed by atoms with Crippen LogP contribution in [0.5, 0.6) is 11.5 Å². The van der Waals surface area contributed by atoms with Crippen LogP contribution < -0.4 is 19.1 Å². The van der Waals surface area contributed by atoms with Crippen molar-refractivity contribution >= 4 is 50.7 Å². The lowest BCUT2D eigenvalue weighted by Gasteiger charge is -2.31. The van der Waals surface area contributed by atoms with Gasteiger partial charge in [0.15, 0.2) is 11.5 Å². The minimum Gasteiger partial charge on any atom is -0.454 e. The maximum atomic E-state index is 13.6. The molecule has 0 saturated heterocycles. The Labute approximate surface area is 240 Å². The highest BCUT2D eigenvalue weighted by atomic mass is 35.5. The quantitative estimate of drug-likeness (QED) is 0.307. The first-order valence-electron chi connectivity index (χ1n) is 12.9. The Kier molecular flexibility index (Phi) is 11.1. The lowest BCUT2D eigenvalue weighted by Crippen LogP contribution is -2.49.